The Morgan fingerprint density at radius 1 is 1.53 bits per heavy atom. The van der Waals surface area contributed by atoms with Crippen molar-refractivity contribution in [1.82, 2.24) is 5.06 Å². The number of fused-ring (bicyclic) bond motifs is 1. The first-order chi connectivity index (χ1) is 7.19. The number of hydroxylamine groups is 2. The molecule has 0 saturated carbocycles. The quantitative estimate of drug-likeness (QED) is 0.694. The molecule has 78 valence electrons. The average molecular weight is 224 g/mol. The summed E-state index contributed by atoms with van der Waals surface area (Å²) in [6, 6.07) is 5.32. The third kappa shape index (κ3) is 2.16. The Balaban J connectivity index is 2.72. The number of amidine groups is 1. The van der Waals surface area contributed by atoms with E-state index in [2.05, 4.69) is 9.98 Å². The van der Waals surface area contributed by atoms with Gasteiger partial charge in [-0.15, -0.1) is 0 Å². The SMILES string of the molecule is CN=C1CN(O)C=c2cc(Cl)ccc2=N1. The second-order valence-electron chi connectivity index (χ2n) is 3.18. The minimum atomic E-state index is 0.281. The van der Waals surface area contributed by atoms with Gasteiger partial charge in [0.2, 0.25) is 0 Å². The van der Waals surface area contributed by atoms with Gasteiger partial charge in [-0.3, -0.25) is 15.3 Å². The maximum absolute atomic E-state index is 9.52. The zero-order chi connectivity index (χ0) is 10.8. The molecule has 1 heterocycles. The number of hydrogen-bond acceptors (Lipinski definition) is 3. The third-order valence-corrected chi connectivity index (χ3v) is 2.32. The van der Waals surface area contributed by atoms with Gasteiger partial charge < -0.3 is 0 Å². The summed E-state index contributed by atoms with van der Waals surface area (Å²) in [7, 11) is 1.65. The fourth-order valence-corrected chi connectivity index (χ4v) is 1.56. The highest BCUT2D eigenvalue weighted by molar-refractivity contribution is 6.30. The van der Waals surface area contributed by atoms with Crippen LogP contribution in [0.4, 0.5) is 0 Å². The first-order valence-corrected chi connectivity index (χ1v) is 4.84. The van der Waals surface area contributed by atoms with Gasteiger partial charge in [-0.05, 0) is 18.2 Å². The van der Waals surface area contributed by atoms with Crippen molar-refractivity contribution in [1.29, 1.82) is 0 Å². The molecule has 0 amide bonds. The maximum atomic E-state index is 9.52. The van der Waals surface area contributed by atoms with Crippen LogP contribution in [0.3, 0.4) is 0 Å². The van der Waals surface area contributed by atoms with Crippen LogP contribution in [0.15, 0.2) is 28.2 Å². The lowest BCUT2D eigenvalue weighted by Gasteiger charge is -2.07. The van der Waals surface area contributed by atoms with Crippen LogP contribution >= 0.6 is 11.6 Å². The summed E-state index contributed by atoms with van der Waals surface area (Å²) in [5, 5.41) is 12.7. The molecule has 1 N–H and O–H groups in total. The Kier molecular flexibility index (Phi) is 2.70. The second-order valence-corrected chi connectivity index (χ2v) is 3.62. The zero-order valence-corrected chi connectivity index (χ0v) is 8.94. The van der Waals surface area contributed by atoms with Crippen molar-refractivity contribution >= 4 is 23.6 Å². The molecule has 15 heavy (non-hydrogen) atoms. The van der Waals surface area contributed by atoms with E-state index in [0.29, 0.717) is 10.9 Å². The summed E-state index contributed by atoms with van der Waals surface area (Å²) in [6.45, 7) is 0.281. The molecule has 1 aromatic rings. The fraction of sp³-hybridized carbons (Fsp3) is 0.200. The van der Waals surface area contributed by atoms with Gasteiger partial charge in [0, 0.05) is 23.5 Å². The zero-order valence-electron chi connectivity index (χ0n) is 8.18. The number of aliphatic imine (C=N–C) groups is 1. The molecule has 0 radical (unpaired) electrons. The molecule has 2 rings (SSSR count). The smallest absolute Gasteiger partial charge is 0.145 e. The predicted molar refractivity (Wildman–Crippen MR) is 58.5 cm³/mol. The Morgan fingerprint density at radius 2 is 2.33 bits per heavy atom. The summed E-state index contributed by atoms with van der Waals surface area (Å²) in [5.74, 6) is 0.579. The lowest BCUT2D eigenvalue weighted by atomic mass is 10.3. The Hall–Kier alpha value is -1.39. The van der Waals surface area contributed by atoms with E-state index in [9.17, 15) is 5.21 Å². The van der Waals surface area contributed by atoms with E-state index in [4.69, 9.17) is 11.6 Å². The molecule has 0 aliphatic carbocycles. The van der Waals surface area contributed by atoms with Gasteiger partial charge in [0.05, 0.1) is 5.36 Å². The average Bonchev–Trinajstić information content (AvgIpc) is 2.35. The number of nitrogens with zero attached hydrogens (tertiary/aromatic N) is 3. The van der Waals surface area contributed by atoms with Gasteiger partial charge in [0.25, 0.3) is 0 Å². The standard InChI is InChI=1S/C10H10ClN3O/c1-12-10-6-14(15)5-7-4-8(11)2-3-9(7)13-10/h2-5,15H,6H2,1H3. The number of hydrogen-bond donors (Lipinski definition) is 1. The van der Waals surface area contributed by atoms with Crippen LogP contribution in [-0.4, -0.2) is 29.7 Å². The minimum absolute atomic E-state index is 0.281. The Bertz CT molecular complexity index is 524. The molecule has 0 fully saturated rings. The molecule has 0 atom stereocenters. The molecule has 0 aromatic heterocycles. The van der Waals surface area contributed by atoms with Crippen molar-refractivity contribution in [3.8, 4) is 0 Å². The van der Waals surface area contributed by atoms with E-state index in [1.54, 1.807) is 31.4 Å². The van der Waals surface area contributed by atoms with Crippen LogP contribution in [0.5, 0.6) is 0 Å². The second kappa shape index (κ2) is 4.00. The van der Waals surface area contributed by atoms with E-state index < -0.39 is 0 Å². The van der Waals surface area contributed by atoms with E-state index in [0.717, 1.165) is 15.6 Å². The number of benzene rings is 1. The Morgan fingerprint density at radius 3 is 3.07 bits per heavy atom. The molecular weight excluding hydrogens is 214 g/mol. The highest BCUT2D eigenvalue weighted by Crippen LogP contribution is 2.01. The Labute approximate surface area is 91.8 Å². The highest BCUT2D eigenvalue weighted by Gasteiger charge is 2.05. The largest absolute Gasteiger partial charge is 0.289 e. The van der Waals surface area contributed by atoms with Gasteiger partial charge >= 0.3 is 0 Å². The van der Waals surface area contributed by atoms with Crippen LogP contribution in [0, 0.1) is 0 Å². The summed E-state index contributed by atoms with van der Waals surface area (Å²) in [4.78, 5) is 8.28. The van der Waals surface area contributed by atoms with Gasteiger partial charge in [-0.2, -0.15) is 0 Å². The van der Waals surface area contributed by atoms with Crippen molar-refractivity contribution in [2.45, 2.75) is 0 Å². The van der Waals surface area contributed by atoms with Crippen molar-refractivity contribution in [2.24, 2.45) is 9.98 Å². The molecule has 0 bridgehead atoms. The molecule has 5 heteroatoms. The topological polar surface area (TPSA) is 48.2 Å². The molecule has 1 aliphatic rings. The predicted octanol–water partition coefficient (Wildman–Crippen LogP) is 0.431. The van der Waals surface area contributed by atoms with Crippen LogP contribution in [0.25, 0.3) is 6.20 Å². The minimum Gasteiger partial charge on any atom is -0.289 e. The summed E-state index contributed by atoms with van der Waals surface area (Å²) >= 11 is 5.86. The highest BCUT2D eigenvalue weighted by atomic mass is 35.5. The molecule has 1 aliphatic heterocycles. The van der Waals surface area contributed by atoms with Gasteiger partial charge in [0.15, 0.2) is 0 Å². The normalized spacial score (nSPS) is 17.8. The van der Waals surface area contributed by atoms with Crippen molar-refractivity contribution in [3.63, 3.8) is 0 Å². The third-order valence-electron chi connectivity index (χ3n) is 2.09. The molecular formula is C10H10ClN3O. The van der Waals surface area contributed by atoms with Crippen molar-refractivity contribution < 1.29 is 5.21 Å². The lowest BCUT2D eigenvalue weighted by Crippen LogP contribution is -2.25. The molecule has 0 unspecified atom stereocenters. The molecule has 0 saturated heterocycles. The van der Waals surface area contributed by atoms with Crippen LogP contribution in [0.1, 0.15) is 0 Å². The first-order valence-electron chi connectivity index (χ1n) is 4.46. The summed E-state index contributed by atoms with van der Waals surface area (Å²) in [5.41, 5.74) is 0. The first kappa shape index (κ1) is 10.1. The molecule has 1 aromatic carbocycles. The van der Waals surface area contributed by atoms with Crippen molar-refractivity contribution in [3.05, 3.63) is 33.8 Å². The van der Waals surface area contributed by atoms with E-state index in [1.807, 2.05) is 0 Å². The lowest BCUT2D eigenvalue weighted by molar-refractivity contribution is -0.00430. The molecule has 0 spiro atoms. The van der Waals surface area contributed by atoms with Crippen LogP contribution < -0.4 is 10.6 Å². The number of halogens is 1. The summed E-state index contributed by atoms with van der Waals surface area (Å²) < 4.78 is 0. The van der Waals surface area contributed by atoms with Gasteiger partial charge in [0.1, 0.15) is 12.4 Å². The van der Waals surface area contributed by atoms with Gasteiger partial charge in [-0.1, -0.05) is 11.6 Å². The maximum Gasteiger partial charge on any atom is 0.145 e. The van der Waals surface area contributed by atoms with E-state index in [-0.39, 0.29) is 6.54 Å². The van der Waals surface area contributed by atoms with E-state index in [1.165, 1.54) is 0 Å². The molecule has 4 nitrogen and oxygen atoms in total. The van der Waals surface area contributed by atoms with Crippen molar-refractivity contribution in [2.75, 3.05) is 13.6 Å². The summed E-state index contributed by atoms with van der Waals surface area (Å²) in [6.07, 6.45) is 1.59. The fourth-order valence-electron chi connectivity index (χ4n) is 1.38. The van der Waals surface area contributed by atoms with Crippen LogP contribution in [0.2, 0.25) is 5.02 Å². The number of rotatable bonds is 0. The monoisotopic (exact) mass is 223 g/mol. The van der Waals surface area contributed by atoms with Gasteiger partial charge in [-0.25, -0.2) is 4.99 Å². The van der Waals surface area contributed by atoms with Crippen LogP contribution in [-0.2, 0) is 0 Å². The van der Waals surface area contributed by atoms with E-state index >= 15 is 0 Å².